The van der Waals surface area contributed by atoms with E-state index in [4.69, 9.17) is 16.0 Å². The van der Waals surface area contributed by atoms with Gasteiger partial charge in [0, 0.05) is 0 Å². The average molecular weight is 240 g/mol. The van der Waals surface area contributed by atoms with E-state index in [0.29, 0.717) is 10.7 Å². The summed E-state index contributed by atoms with van der Waals surface area (Å²) < 4.78 is 18.1. The summed E-state index contributed by atoms with van der Waals surface area (Å²) >= 11 is 5.90. The van der Waals surface area contributed by atoms with Crippen molar-refractivity contribution in [1.29, 1.82) is 0 Å². The van der Waals surface area contributed by atoms with Crippen molar-refractivity contribution in [3.05, 3.63) is 53.2 Å². The standard InChI is InChI=1S/C12H11ClFNO/c1-8(12-3-2-6-16-12)15-11-5-4-9(14)7-10(11)13/h2-8,15H,1H3. The molecule has 0 spiro atoms. The SMILES string of the molecule is CC(Nc1ccc(F)cc1Cl)c1ccco1. The first-order valence-electron chi connectivity index (χ1n) is 4.92. The fourth-order valence-corrected chi connectivity index (χ4v) is 1.67. The molecule has 2 aromatic rings. The maximum Gasteiger partial charge on any atom is 0.125 e. The first-order chi connectivity index (χ1) is 7.66. The topological polar surface area (TPSA) is 25.2 Å². The molecular formula is C12H11ClFNO. The fourth-order valence-electron chi connectivity index (χ4n) is 1.45. The lowest BCUT2D eigenvalue weighted by molar-refractivity contribution is 0.490. The molecule has 0 aliphatic rings. The average Bonchev–Trinajstić information content (AvgIpc) is 2.75. The number of nitrogens with one attached hydrogen (secondary N) is 1. The van der Waals surface area contributed by atoms with E-state index in [0.717, 1.165) is 5.76 Å². The number of furan rings is 1. The van der Waals surface area contributed by atoms with Gasteiger partial charge >= 0.3 is 0 Å². The van der Waals surface area contributed by atoms with Crippen molar-refractivity contribution in [2.45, 2.75) is 13.0 Å². The molecule has 0 saturated carbocycles. The Bertz CT molecular complexity index is 470. The summed E-state index contributed by atoms with van der Waals surface area (Å²) in [4.78, 5) is 0. The van der Waals surface area contributed by atoms with Gasteiger partial charge in [-0.2, -0.15) is 0 Å². The molecule has 2 nitrogen and oxygen atoms in total. The monoisotopic (exact) mass is 239 g/mol. The molecular weight excluding hydrogens is 229 g/mol. The molecule has 0 fully saturated rings. The zero-order valence-electron chi connectivity index (χ0n) is 8.71. The van der Waals surface area contributed by atoms with Gasteiger partial charge in [0.2, 0.25) is 0 Å². The van der Waals surface area contributed by atoms with Gasteiger partial charge in [0.05, 0.1) is 23.0 Å². The van der Waals surface area contributed by atoms with Crippen LogP contribution in [0.1, 0.15) is 18.7 Å². The molecule has 2 rings (SSSR count). The maximum atomic E-state index is 12.8. The zero-order valence-corrected chi connectivity index (χ0v) is 9.46. The molecule has 0 radical (unpaired) electrons. The number of halogens is 2. The molecule has 1 aromatic heterocycles. The zero-order chi connectivity index (χ0) is 11.5. The minimum absolute atomic E-state index is 0.0158. The number of hydrogen-bond acceptors (Lipinski definition) is 2. The highest BCUT2D eigenvalue weighted by Gasteiger charge is 2.10. The van der Waals surface area contributed by atoms with E-state index in [1.807, 2.05) is 19.1 Å². The summed E-state index contributed by atoms with van der Waals surface area (Å²) in [5.74, 6) is 0.460. The minimum Gasteiger partial charge on any atom is -0.467 e. The van der Waals surface area contributed by atoms with Crippen LogP contribution in [0.3, 0.4) is 0 Å². The summed E-state index contributed by atoms with van der Waals surface area (Å²) in [7, 11) is 0. The predicted molar refractivity (Wildman–Crippen MR) is 62.2 cm³/mol. The molecule has 1 atom stereocenters. The third kappa shape index (κ3) is 2.36. The maximum absolute atomic E-state index is 12.8. The smallest absolute Gasteiger partial charge is 0.125 e. The first kappa shape index (κ1) is 11.0. The van der Waals surface area contributed by atoms with Gasteiger partial charge in [0.15, 0.2) is 0 Å². The Morgan fingerprint density at radius 1 is 1.38 bits per heavy atom. The molecule has 1 N–H and O–H groups in total. The van der Waals surface area contributed by atoms with Gasteiger partial charge < -0.3 is 9.73 Å². The Hall–Kier alpha value is -1.48. The second-order valence-corrected chi connectivity index (χ2v) is 3.91. The van der Waals surface area contributed by atoms with Gasteiger partial charge in [-0.1, -0.05) is 11.6 Å². The van der Waals surface area contributed by atoms with Gasteiger partial charge in [-0.25, -0.2) is 4.39 Å². The summed E-state index contributed by atoms with van der Waals surface area (Å²) in [5.41, 5.74) is 0.687. The molecule has 0 amide bonds. The molecule has 1 heterocycles. The summed E-state index contributed by atoms with van der Waals surface area (Å²) in [6.07, 6.45) is 1.61. The van der Waals surface area contributed by atoms with Crippen molar-refractivity contribution in [2.24, 2.45) is 0 Å². The van der Waals surface area contributed by atoms with Gasteiger partial charge in [0.25, 0.3) is 0 Å². The van der Waals surface area contributed by atoms with E-state index in [1.165, 1.54) is 12.1 Å². The normalized spacial score (nSPS) is 12.4. The number of hydrogen-bond donors (Lipinski definition) is 1. The van der Waals surface area contributed by atoms with Crippen LogP contribution in [0.25, 0.3) is 0 Å². The lowest BCUT2D eigenvalue weighted by Crippen LogP contribution is -2.05. The highest BCUT2D eigenvalue weighted by molar-refractivity contribution is 6.33. The second kappa shape index (κ2) is 4.58. The molecule has 0 saturated heterocycles. The largest absolute Gasteiger partial charge is 0.467 e. The molecule has 0 bridgehead atoms. The number of rotatable bonds is 3. The Morgan fingerprint density at radius 3 is 2.81 bits per heavy atom. The second-order valence-electron chi connectivity index (χ2n) is 3.51. The fraction of sp³-hybridized carbons (Fsp3) is 0.167. The van der Waals surface area contributed by atoms with E-state index in [2.05, 4.69) is 5.32 Å². The number of benzene rings is 1. The van der Waals surface area contributed by atoms with Gasteiger partial charge in [-0.3, -0.25) is 0 Å². The van der Waals surface area contributed by atoms with Gasteiger partial charge in [0.1, 0.15) is 11.6 Å². The predicted octanol–water partition coefficient (Wildman–Crippen LogP) is 4.25. The lowest BCUT2D eigenvalue weighted by atomic mass is 10.2. The van der Waals surface area contributed by atoms with Crippen LogP contribution in [-0.2, 0) is 0 Å². The quantitative estimate of drug-likeness (QED) is 0.867. The highest BCUT2D eigenvalue weighted by Crippen LogP contribution is 2.26. The van der Waals surface area contributed by atoms with Crippen molar-refractivity contribution in [1.82, 2.24) is 0 Å². The summed E-state index contributed by atoms with van der Waals surface area (Å²) in [6, 6.07) is 7.92. The van der Waals surface area contributed by atoms with Crippen molar-refractivity contribution >= 4 is 17.3 Å². The van der Waals surface area contributed by atoms with Crippen LogP contribution in [0.2, 0.25) is 5.02 Å². The van der Waals surface area contributed by atoms with E-state index < -0.39 is 0 Å². The first-order valence-corrected chi connectivity index (χ1v) is 5.29. The van der Waals surface area contributed by atoms with Crippen molar-refractivity contribution < 1.29 is 8.81 Å². The van der Waals surface area contributed by atoms with Crippen molar-refractivity contribution in [3.8, 4) is 0 Å². The van der Waals surface area contributed by atoms with E-state index >= 15 is 0 Å². The summed E-state index contributed by atoms with van der Waals surface area (Å²) in [6.45, 7) is 1.94. The molecule has 16 heavy (non-hydrogen) atoms. The molecule has 4 heteroatoms. The van der Waals surface area contributed by atoms with Gasteiger partial charge in [-0.15, -0.1) is 0 Å². The van der Waals surface area contributed by atoms with E-state index in [-0.39, 0.29) is 11.9 Å². The minimum atomic E-state index is -0.346. The highest BCUT2D eigenvalue weighted by atomic mass is 35.5. The van der Waals surface area contributed by atoms with Crippen LogP contribution >= 0.6 is 11.6 Å². The lowest BCUT2D eigenvalue weighted by Gasteiger charge is -2.14. The van der Waals surface area contributed by atoms with Crippen molar-refractivity contribution in [2.75, 3.05) is 5.32 Å². The van der Waals surface area contributed by atoms with Crippen LogP contribution in [0, 0.1) is 5.82 Å². The Labute approximate surface area is 98.0 Å². The van der Waals surface area contributed by atoms with Crippen molar-refractivity contribution in [3.63, 3.8) is 0 Å². The van der Waals surface area contributed by atoms with Crippen LogP contribution < -0.4 is 5.32 Å². The molecule has 1 unspecified atom stereocenters. The third-order valence-electron chi connectivity index (χ3n) is 2.27. The van der Waals surface area contributed by atoms with Crippen LogP contribution in [-0.4, -0.2) is 0 Å². The third-order valence-corrected chi connectivity index (χ3v) is 2.59. The Balaban J connectivity index is 2.15. The number of anilines is 1. The van der Waals surface area contributed by atoms with E-state index in [1.54, 1.807) is 12.3 Å². The molecule has 0 aliphatic carbocycles. The van der Waals surface area contributed by atoms with Crippen LogP contribution in [0.4, 0.5) is 10.1 Å². The summed E-state index contributed by atoms with van der Waals surface area (Å²) in [5, 5.41) is 3.51. The van der Waals surface area contributed by atoms with Gasteiger partial charge in [-0.05, 0) is 37.3 Å². The van der Waals surface area contributed by atoms with Crippen LogP contribution in [0.15, 0.2) is 41.0 Å². The Kier molecular flexibility index (Phi) is 3.15. The molecule has 84 valence electrons. The van der Waals surface area contributed by atoms with Crippen LogP contribution in [0.5, 0.6) is 0 Å². The van der Waals surface area contributed by atoms with E-state index in [9.17, 15) is 4.39 Å². The molecule has 1 aromatic carbocycles. The molecule has 0 aliphatic heterocycles. The Morgan fingerprint density at radius 2 is 2.19 bits per heavy atom.